The van der Waals surface area contributed by atoms with Crippen molar-refractivity contribution in [2.75, 3.05) is 26.2 Å². The van der Waals surface area contributed by atoms with E-state index in [1.54, 1.807) is 0 Å². The number of nitrogens with zero attached hydrogens (tertiary/aromatic N) is 1. The fraction of sp³-hybridized carbons (Fsp3) is 1.00. The topological polar surface area (TPSA) is 24.5 Å². The van der Waals surface area contributed by atoms with Gasteiger partial charge in [0.2, 0.25) is 0 Å². The third kappa shape index (κ3) is 3.94. The zero-order valence-corrected chi connectivity index (χ0v) is 11.5. The molecule has 3 heteroatoms. The van der Waals surface area contributed by atoms with Gasteiger partial charge in [0.25, 0.3) is 0 Å². The minimum Gasteiger partial charge on any atom is -0.377 e. The van der Waals surface area contributed by atoms with Crippen molar-refractivity contribution in [2.24, 2.45) is 0 Å². The maximum absolute atomic E-state index is 5.70. The van der Waals surface area contributed by atoms with Crippen LogP contribution in [0.25, 0.3) is 0 Å². The Bertz CT molecular complexity index is 216. The molecule has 0 bridgehead atoms. The Morgan fingerprint density at radius 3 is 2.88 bits per heavy atom. The van der Waals surface area contributed by atoms with Crippen LogP contribution in [0.15, 0.2) is 0 Å². The minimum atomic E-state index is 0.453. The molecule has 0 saturated carbocycles. The Labute approximate surface area is 106 Å². The summed E-state index contributed by atoms with van der Waals surface area (Å²) in [6.07, 6.45) is 7.09. The molecule has 2 rings (SSSR count). The van der Waals surface area contributed by atoms with Crippen molar-refractivity contribution in [2.45, 2.75) is 64.1 Å². The van der Waals surface area contributed by atoms with Gasteiger partial charge in [-0.1, -0.05) is 6.42 Å². The quantitative estimate of drug-likeness (QED) is 0.795. The molecule has 0 radical (unpaired) electrons. The first-order chi connectivity index (χ1) is 8.27. The normalized spacial score (nSPS) is 32.8. The molecule has 17 heavy (non-hydrogen) atoms. The van der Waals surface area contributed by atoms with Crippen LogP contribution in [0, 0.1) is 0 Å². The summed E-state index contributed by atoms with van der Waals surface area (Å²) in [7, 11) is 0. The van der Waals surface area contributed by atoms with Crippen LogP contribution >= 0.6 is 0 Å². The van der Waals surface area contributed by atoms with Crippen LogP contribution in [0.4, 0.5) is 0 Å². The van der Waals surface area contributed by atoms with Gasteiger partial charge in [-0.3, -0.25) is 4.90 Å². The van der Waals surface area contributed by atoms with E-state index in [9.17, 15) is 0 Å². The maximum atomic E-state index is 5.70. The fourth-order valence-corrected chi connectivity index (χ4v) is 3.05. The SMILES string of the molecule is CC(NCCN1CCCCC1C)C1CCCO1. The molecule has 2 fully saturated rings. The molecule has 0 aromatic carbocycles. The summed E-state index contributed by atoms with van der Waals surface area (Å²) in [6.45, 7) is 9.17. The van der Waals surface area contributed by atoms with Gasteiger partial charge in [-0.15, -0.1) is 0 Å². The standard InChI is InChI=1S/C14H28N2O/c1-12-6-3-4-9-16(12)10-8-15-13(2)14-7-5-11-17-14/h12-15H,3-11H2,1-2H3. The average molecular weight is 240 g/mol. The van der Waals surface area contributed by atoms with Gasteiger partial charge in [0.15, 0.2) is 0 Å². The molecule has 2 aliphatic heterocycles. The van der Waals surface area contributed by atoms with Gasteiger partial charge in [-0.05, 0) is 46.1 Å². The Morgan fingerprint density at radius 1 is 1.29 bits per heavy atom. The molecule has 100 valence electrons. The lowest BCUT2D eigenvalue weighted by molar-refractivity contribution is 0.0809. The van der Waals surface area contributed by atoms with E-state index in [2.05, 4.69) is 24.1 Å². The Kier molecular flexibility index (Phi) is 5.26. The van der Waals surface area contributed by atoms with Gasteiger partial charge in [0.1, 0.15) is 0 Å². The molecule has 1 N–H and O–H groups in total. The number of hydrogen-bond acceptors (Lipinski definition) is 3. The maximum Gasteiger partial charge on any atom is 0.0726 e. The zero-order chi connectivity index (χ0) is 12.1. The summed E-state index contributed by atoms with van der Waals surface area (Å²) in [6, 6.07) is 1.29. The van der Waals surface area contributed by atoms with Gasteiger partial charge in [-0.2, -0.15) is 0 Å². The zero-order valence-electron chi connectivity index (χ0n) is 11.5. The number of rotatable bonds is 5. The van der Waals surface area contributed by atoms with Crippen molar-refractivity contribution in [3.63, 3.8) is 0 Å². The molecular weight excluding hydrogens is 212 g/mol. The first-order valence-corrected chi connectivity index (χ1v) is 7.36. The lowest BCUT2D eigenvalue weighted by Crippen LogP contribution is -2.45. The Balaban J connectivity index is 1.61. The van der Waals surface area contributed by atoms with Gasteiger partial charge in [0.05, 0.1) is 6.10 Å². The third-order valence-electron chi connectivity index (χ3n) is 4.33. The van der Waals surface area contributed by atoms with Gasteiger partial charge >= 0.3 is 0 Å². The van der Waals surface area contributed by atoms with Crippen LogP contribution in [-0.4, -0.2) is 49.3 Å². The monoisotopic (exact) mass is 240 g/mol. The minimum absolute atomic E-state index is 0.453. The highest BCUT2D eigenvalue weighted by Gasteiger charge is 2.22. The van der Waals surface area contributed by atoms with Crippen LogP contribution in [0.5, 0.6) is 0 Å². The van der Waals surface area contributed by atoms with E-state index in [4.69, 9.17) is 4.74 Å². The summed E-state index contributed by atoms with van der Waals surface area (Å²) in [5.41, 5.74) is 0. The van der Waals surface area contributed by atoms with E-state index >= 15 is 0 Å². The summed E-state index contributed by atoms with van der Waals surface area (Å²) in [4.78, 5) is 2.62. The van der Waals surface area contributed by atoms with E-state index < -0.39 is 0 Å². The predicted octanol–water partition coefficient (Wildman–Crippen LogP) is 2.02. The molecule has 3 atom stereocenters. The van der Waals surface area contributed by atoms with Gasteiger partial charge in [0, 0.05) is 31.8 Å². The Morgan fingerprint density at radius 2 is 2.18 bits per heavy atom. The van der Waals surface area contributed by atoms with Crippen LogP contribution in [0.1, 0.15) is 46.0 Å². The highest BCUT2D eigenvalue weighted by atomic mass is 16.5. The summed E-state index contributed by atoms with van der Waals surface area (Å²) in [5, 5.41) is 3.63. The lowest BCUT2D eigenvalue weighted by Gasteiger charge is -2.33. The van der Waals surface area contributed by atoms with Crippen molar-refractivity contribution >= 4 is 0 Å². The molecule has 0 aromatic rings. The second-order valence-corrected chi connectivity index (χ2v) is 5.68. The molecule has 0 aliphatic carbocycles. The number of ether oxygens (including phenoxy) is 1. The number of hydrogen-bond donors (Lipinski definition) is 1. The summed E-state index contributed by atoms with van der Waals surface area (Å²) >= 11 is 0. The Hall–Kier alpha value is -0.120. The van der Waals surface area contributed by atoms with E-state index in [-0.39, 0.29) is 0 Å². The van der Waals surface area contributed by atoms with Crippen molar-refractivity contribution in [1.29, 1.82) is 0 Å². The fourth-order valence-electron chi connectivity index (χ4n) is 3.05. The van der Waals surface area contributed by atoms with E-state index in [1.807, 2.05) is 0 Å². The van der Waals surface area contributed by atoms with Crippen LogP contribution in [-0.2, 0) is 4.74 Å². The van der Waals surface area contributed by atoms with Crippen LogP contribution in [0.2, 0.25) is 0 Å². The second-order valence-electron chi connectivity index (χ2n) is 5.68. The first-order valence-electron chi connectivity index (χ1n) is 7.36. The highest BCUT2D eigenvalue weighted by Crippen LogP contribution is 2.16. The first kappa shape index (κ1) is 13.3. The third-order valence-corrected chi connectivity index (χ3v) is 4.33. The van der Waals surface area contributed by atoms with Crippen molar-refractivity contribution in [1.82, 2.24) is 10.2 Å². The molecule has 3 nitrogen and oxygen atoms in total. The second kappa shape index (κ2) is 6.72. The largest absolute Gasteiger partial charge is 0.377 e. The lowest BCUT2D eigenvalue weighted by atomic mass is 10.0. The van der Waals surface area contributed by atoms with Crippen LogP contribution in [0.3, 0.4) is 0 Å². The molecule has 2 aliphatic rings. The number of piperidine rings is 1. The van der Waals surface area contributed by atoms with E-state index in [0.717, 1.165) is 19.2 Å². The van der Waals surface area contributed by atoms with Gasteiger partial charge < -0.3 is 10.1 Å². The number of likely N-dealkylation sites (tertiary alicyclic amines) is 1. The molecular formula is C14H28N2O. The summed E-state index contributed by atoms with van der Waals surface area (Å²) in [5.74, 6) is 0. The molecule has 2 heterocycles. The smallest absolute Gasteiger partial charge is 0.0726 e. The molecule has 0 spiro atoms. The average Bonchev–Trinajstić information content (AvgIpc) is 2.85. The van der Waals surface area contributed by atoms with E-state index in [1.165, 1.54) is 45.2 Å². The molecule has 0 aromatic heterocycles. The molecule has 3 unspecified atom stereocenters. The number of nitrogens with one attached hydrogen (secondary N) is 1. The van der Waals surface area contributed by atoms with Crippen molar-refractivity contribution in [3.8, 4) is 0 Å². The summed E-state index contributed by atoms with van der Waals surface area (Å²) < 4.78 is 5.70. The van der Waals surface area contributed by atoms with E-state index in [0.29, 0.717) is 12.1 Å². The van der Waals surface area contributed by atoms with Crippen LogP contribution < -0.4 is 5.32 Å². The highest BCUT2D eigenvalue weighted by molar-refractivity contribution is 4.78. The molecule has 2 saturated heterocycles. The van der Waals surface area contributed by atoms with Crippen molar-refractivity contribution in [3.05, 3.63) is 0 Å². The van der Waals surface area contributed by atoms with Crippen molar-refractivity contribution < 1.29 is 4.74 Å². The predicted molar refractivity (Wildman–Crippen MR) is 71.3 cm³/mol. The molecule has 0 amide bonds. The van der Waals surface area contributed by atoms with Gasteiger partial charge in [-0.25, -0.2) is 0 Å².